The van der Waals surface area contributed by atoms with Crippen molar-refractivity contribution in [3.8, 4) is 0 Å². The first-order valence-electron chi connectivity index (χ1n) is 9.78. The van der Waals surface area contributed by atoms with Crippen LogP contribution >= 0.6 is 0 Å². The lowest BCUT2D eigenvalue weighted by molar-refractivity contribution is 0.0698. The Balaban J connectivity index is 1.36. The number of nitrogens with zero attached hydrogens (tertiary/aromatic N) is 1. The molecule has 3 saturated carbocycles. The predicted molar refractivity (Wildman–Crippen MR) is 88.3 cm³/mol. The van der Waals surface area contributed by atoms with Crippen molar-refractivity contribution < 1.29 is 0 Å². The van der Waals surface area contributed by atoms with Crippen molar-refractivity contribution in [2.45, 2.75) is 76.8 Å². The molecule has 1 saturated heterocycles. The van der Waals surface area contributed by atoms with Gasteiger partial charge in [-0.05, 0) is 62.7 Å². The van der Waals surface area contributed by atoms with Gasteiger partial charge >= 0.3 is 0 Å². The third-order valence-electron chi connectivity index (χ3n) is 7.44. The molecule has 0 amide bonds. The Morgan fingerprint density at radius 1 is 0.952 bits per heavy atom. The molecule has 2 nitrogen and oxygen atoms in total. The van der Waals surface area contributed by atoms with Gasteiger partial charge in [0.2, 0.25) is 0 Å². The first-order valence-corrected chi connectivity index (χ1v) is 9.78. The number of fused-ring (bicyclic) bond motifs is 2. The molecule has 4 fully saturated rings. The highest BCUT2D eigenvalue weighted by Crippen LogP contribution is 2.50. The topological polar surface area (TPSA) is 15.3 Å². The minimum absolute atomic E-state index is 0.792. The summed E-state index contributed by atoms with van der Waals surface area (Å²) in [5.74, 6) is 4.16. The Bertz CT molecular complexity index is 349. The molecule has 21 heavy (non-hydrogen) atoms. The number of piperazine rings is 1. The molecule has 3 aliphatic carbocycles. The number of hydrogen-bond acceptors (Lipinski definition) is 2. The van der Waals surface area contributed by atoms with Crippen LogP contribution in [0.15, 0.2) is 0 Å². The van der Waals surface area contributed by atoms with Crippen LogP contribution in [0, 0.1) is 23.7 Å². The van der Waals surface area contributed by atoms with Gasteiger partial charge in [0, 0.05) is 31.7 Å². The zero-order valence-corrected chi connectivity index (χ0v) is 13.9. The van der Waals surface area contributed by atoms with Crippen molar-refractivity contribution in [1.82, 2.24) is 10.2 Å². The molecular weight excluding hydrogens is 256 g/mol. The maximum Gasteiger partial charge on any atom is 0.0223 e. The normalized spacial score (nSPS) is 43.3. The smallest absolute Gasteiger partial charge is 0.0223 e. The SMILES string of the molecule is CC(C1CC2CCC1C2)N1CCNC(C2CCCCC2)C1. The molecule has 1 heterocycles. The summed E-state index contributed by atoms with van der Waals surface area (Å²) in [5, 5.41) is 3.86. The van der Waals surface area contributed by atoms with Gasteiger partial charge in [-0.25, -0.2) is 0 Å². The average molecular weight is 290 g/mol. The van der Waals surface area contributed by atoms with Crippen LogP contribution in [0.1, 0.15) is 64.7 Å². The van der Waals surface area contributed by atoms with Gasteiger partial charge in [0.1, 0.15) is 0 Å². The van der Waals surface area contributed by atoms with Crippen LogP contribution in [-0.2, 0) is 0 Å². The largest absolute Gasteiger partial charge is 0.311 e. The van der Waals surface area contributed by atoms with Crippen LogP contribution in [0.5, 0.6) is 0 Å². The maximum absolute atomic E-state index is 3.86. The van der Waals surface area contributed by atoms with Crippen molar-refractivity contribution >= 4 is 0 Å². The summed E-state index contributed by atoms with van der Waals surface area (Å²) in [6.45, 7) is 6.40. The van der Waals surface area contributed by atoms with Gasteiger partial charge in [-0.2, -0.15) is 0 Å². The minimum atomic E-state index is 0.792. The zero-order chi connectivity index (χ0) is 14.2. The Labute approximate surface area is 131 Å². The summed E-state index contributed by atoms with van der Waals surface area (Å²) in [6, 6.07) is 1.63. The molecule has 2 heteroatoms. The van der Waals surface area contributed by atoms with E-state index in [0.29, 0.717) is 0 Å². The van der Waals surface area contributed by atoms with Gasteiger partial charge in [0.15, 0.2) is 0 Å². The molecule has 0 aromatic rings. The van der Waals surface area contributed by atoms with Crippen LogP contribution in [0.25, 0.3) is 0 Å². The summed E-state index contributed by atoms with van der Waals surface area (Å²) in [4.78, 5) is 2.86. The molecule has 2 bridgehead atoms. The third-order valence-corrected chi connectivity index (χ3v) is 7.44. The van der Waals surface area contributed by atoms with Gasteiger partial charge in [0.25, 0.3) is 0 Å². The van der Waals surface area contributed by atoms with E-state index in [4.69, 9.17) is 0 Å². The highest BCUT2D eigenvalue weighted by atomic mass is 15.2. The van der Waals surface area contributed by atoms with Crippen molar-refractivity contribution in [2.24, 2.45) is 23.7 Å². The highest BCUT2D eigenvalue weighted by molar-refractivity contribution is 4.96. The molecule has 1 N–H and O–H groups in total. The second-order valence-corrected chi connectivity index (χ2v) is 8.53. The molecule has 0 aromatic heterocycles. The summed E-state index contributed by atoms with van der Waals surface area (Å²) in [6.07, 6.45) is 13.6. The van der Waals surface area contributed by atoms with E-state index in [-0.39, 0.29) is 0 Å². The third kappa shape index (κ3) is 2.91. The van der Waals surface area contributed by atoms with Crippen LogP contribution in [0.3, 0.4) is 0 Å². The van der Waals surface area contributed by atoms with Gasteiger partial charge in [-0.1, -0.05) is 25.7 Å². The van der Waals surface area contributed by atoms with E-state index in [1.165, 1.54) is 58.2 Å². The van der Waals surface area contributed by atoms with Gasteiger partial charge in [-0.3, -0.25) is 4.90 Å². The lowest BCUT2D eigenvalue weighted by Gasteiger charge is -2.44. The Hall–Kier alpha value is -0.0800. The van der Waals surface area contributed by atoms with E-state index >= 15 is 0 Å². The second kappa shape index (κ2) is 6.20. The number of nitrogens with one attached hydrogen (secondary N) is 1. The summed E-state index contributed by atoms with van der Waals surface area (Å²) in [7, 11) is 0. The molecule has 0 radical (unpaired) electrons. The Morgan fingerprint density at radius 2 is 1.81 bits per heavy atom. The molecule has 0 aromatic carbocycles. The van der Waals surface area contributed by atoms with Gasteiger partial charge < -0.3 is 5.32 Å². The fourth-order valence-corrected chi connectivity index (χ4v) is 6.18. The van der Waals surface area contributed by atoms with E-state index in [9.17, 15) is 0 Å². The molecule has 4 rings (SSSR count). The van der Waals surface area contributed by atoms with Crippen molar-refractivity contribution in [2.75, 3.05) is 19.6 Å². The molecular formula is C19H34N2. The second-order valence-electron chi connectivity index (χ2n) is 8.53. The number of rotatable bonds is 3. The van der Waals surface area contributed by atoms with Crippen LogP contribution in [-0.4, -0.2) is 36.6 Å². The zero-order valence-electron chi connectivity index (χ0n) is 13.9. The fraction of sp³-hybridized carbons (Fsp3) is 1.00. The summed E-state index contributed by atoms with van der Waals surface area (Å²) in [5.41, 5.74) is 0. The highest BCUT2D eigenvalue weighted by Gasteiger charge is 2.44. The van der Waals surface area contributed by atoms with Crippen LogP contribution < -0.4 is 5.32 Å². The summed E-state index contributed by atoms with van der Waals surface area (Å²) >= 11 is 0. The van der Waals surface area contributed by atoms with Crippen molar-refractivity contribution in [3.63, 3.8) is 0 Å². The maximum atomic E-state index is 3.86. The van der Waals surface area contributed by atoms with E-state index < -0.39 is 0 Å². The monoisotopic (exact) mass is 290 g/mol. The average Bonchev–Trinajstić information content (AvgIpc) is 3.18. The molecule has 5 unspecified atom stereocenters. The Morgan fingerprint density at radius 3 is 2.52 bits per heavy atom. The predicted octanol–water partition coefficient (Wildman–Crippen LogP) is 3.67. The van der Waals surface area contributed by atoms with E-state index in [1.54, 1.807) is 19.3 Å². The van der Waals surface area contributed by atoms with Crippen LogP contribution in [0.4, 0.5) is 0 Å². The molecule has 1 aliphatic heterocycles. The fourth-order valence-electron chi connectivity index (χ4n) is 6.18. The standard InChI is InChI=1S/C19H34N2/c1-14(18-12-15-7-8-17(18)11-15)21-10-9-20-19(13-21)16-5-3-2-4-6-16/h14-20H,2-13H2,1H3. The molecule has 120 valence electrons. The lowest BCUT2D eigenvalue weighted by Crippen LogP contribution is -2.57. The van der Waals surface area contributed by atoms with E-state index in [1.807, 2.05) is 0 Å². The Kier molecular flexibility index (Phi) is 4.28. The molecule has 4 aliphatic rings. The first kappa shape index (κ1) is 14.5. The van der Waals surface area contributed by atoms with E-state index in [2.05, 4.69) is 17.1 Å². The molecule has 0 spiro atoms. The summed E-state index contributed by atoms with van der Waals surface area (Å²) < 4.78 is 0. The van der Waals surface area contributed by atoms with Gasteiger partial charge in [0.05, 0.1) is 0 Å². The van der Waals surface area contributed by atoms with E-state index in [0.717, 1.165) is 35.8 Å². The van der Waals surface area contributed by atoms with Gasteiger partial charge in [-0.15, -0.1) is 0 Å². The van der Waals surface area contributed by atoms with Crippen molar-refractivity contribution in [3.05, 3.63) is 0 Å². The minimum Gasteiger partial charge on any atom is -0.311 e. The van der Waals surface area contributed by atoms with Crippen molar-refractivity contribution in [1.29, 1.82) is 0 Å². The lowest BCUT2D eigenvalue weighted by atomic mass is 9.81. The molecule has 5 atom stereocenters. The van der Waals surface area contributed by atoms with Crippen LogP contribution in [0.2, 0.25) is 0 Å². The quantitative estimate of drug-likeness (QED) is 0.853. The number of hydrogen-bond donors (Lipinski definition) is 1. The first-order chi connectivity index (χ1) is 10.3.